The third-order valence-electron chi connectivity index (χ3n) is 1.81. The van der Waals surface area contributed by atoms with Crippen molar-refractivity contribution in [2.75, 3.05) is 5.73 Å². The zero-order chi connectivity index (χ0) is 10.0. The number of carboxylic acids is 1. The number of benzene rings is 1. The average Bonchev–Trinajstić information content (AvgIpc) is 2.08. The fraction of sp³-hybridized carbons (Fsp3) is 0.222. The van der Waals surface area contributed by atoms with Crippen molar-refractivity contribution < 1.29 is 15.0 Å². The van der Waals surface area contributed by atoms with Gasteiger partial charge in [0, 0.05) is 5.56 Å². The summed E-state index contributed by atoms with van der Waals surface area (Å²) in [5, 5.41) is 17.6. The molecular formula is C9H11NO3. The number of rotatable bonds is 2. The SMILES string of the molecule is Cc1cc(CO)c(N)c(C(=O)O)c1. The maximum absolute atomic E-state index is 10.7. The van der Waals surface area contributed by atoms with Gasteiger partial charge in [-0.1, -0.05) is 6.07 Å². The Morgan fingerprint density at radius 2 is 2.15 bits per heavy atom. The molecule has 0 saturated heterocycles. The largest absolute Gasteiger partial charge is 0.478 e. The minimum absolute atomic E-state index is 0.0454. The second-order valence-electron chi connectivity index (χ2n) is 2.85. The molecule has 13 heavy (non-hydrogen) atoms. The van der Waals surface area contributed by atoms with Crippen molar-refractivity contribution in [1.29, 1.82) is 0 Å². The second-order valence-corrected chi connectivity index (χ2v) is 2.85. The molecule has 0 aliphatic carbocycles. The first-order valence-corrected chi connectivity index (χ1v) is 3.79. The van der Waals surface area contributed by atoms with E-state index in [1.807, 2.05) is 0 Å². The lowest BCUT2D eigenvalue weighted by Gasteiger charge is -2.07. The molecule has 1 aromatic rings. The van der Waals surface area contributed by atoms with Gasteiger partial charge in [0.2, 0.25) is 0 Å². The Kier molecular flexibility index (Phi) is 2.53. The predicted octanol–water partition coefficient (Wildman–Crippen LogP) is 0.768. The normalized spacial score (nSPS) is 10.0. The molecule has 0 unspecified atom stereocenters. The number of hydrogen-bond acceptors (Lipinski definition) is 3. The first-order chi connectivity index (χ1) is 6.06. The molecule has 4 nitrogen and oxygen atoms in total. The molecule has 0 radical (unpaired) electrons. The number of carbonyl (C=O) groups is 1. The van der Waals surface area contributed by atoms with Gasteiger partial charge in [-0.05, 0) is 18.6 Å². The number of aliphatic hydroxyl groups is 1. The van der Waals surface area contributed by atoms with Gasteiger partial charge in [0.1, 0.15) is 0 Å². The standard InChI is InChI=1S/C9H11NO3/c1-5-2-6(4-11)8(10)7(3-5)9(12)13/h2-3,11H,4,10H2,1H3,(H,12,13). The summed E-state index contributed by atoms with van der Waals surface area (Å²) in [7, 11) is 0. The number of aryl methyl sites for hydroxylation is 1. The fourth-order valence-electron chi connectivity index (χ4n) is 1.18. The lowest BCUT2D eigenvalue weighted by Crippen LogP contribution is -2.06. The van der Waals surface area contributed by atoms with Gasteiger partial charge >= 0.3 is 5.97 Å². The highest BCUT2D eigenvalue weighted by Gasteiger charge is 2.11. The average molecular weight is 181 g/mol. The van der Waals surface area contributed by atoms with Crippen LogP contribution in [0.25, 0.3) is 0 Å². The molecule has 0 aromatic heterocycles. The van der Waals surface area contributed by atoms with Crippen LogP contribution in [0.1, 0.15) is 21.5 Å². The van der Waals surface area contributed by atoms with Crippen LogP contribution >= 0.6 is 0 Å². The van der Waals surface area contributed by atoms with E-state index in [0.29, 0.717) is 5.56 Å². The van der Waals surface area contributed by atoms with Crippen LogP contribution in [0.4, 0.5) is 5.69 Å². The molecule has 0 fully saturated rings. The number of aromatic carboxylic acids is 1. The summed E-state index contributed by atoms with van der Waals surface area (Å²) < 4.78 is 0. The van der Waals surface area contributed by atoms with Gasteiger partial charge in [0.05, 0.1) is 17.9 Å². The summed E-state index contributed by atoms with van der Waals surface area (Å²) in [5.74, 6) is -1.07. The van der Waals surface area contributed by atoms with Gasteiger partial charge in [-0.3, -0.25) is 0 Å². The predicted molar refractivity (Wildman–Crippen MR) is 48.5 cm³/mol. The molecule has 1 aromatic carbocycles. The van der Waals surface area contributed by atoms with E-state index >= 15 is 0 Å². The maximum atomic E-state index is 10.7. The van der Waals surface area contributed by atoms with Gasteiger partial charge in [-0.15, -0.1) is 0 Å². The van der Waals surface area contributed by atoms with E-state index in [9.17, 15) is 4.79 Å². The van der Waals surface area contributed by atoms with Gasteiger partial charge in [-0.2, -0.15) is 0 Å². The highest BCUT2D eigenvalue weighted by Crippen LogP contribution is 2.19. The molecule has 0 aliphatic rings. The van der Waals surface area contributed by atoms with Gasteiger partial charge in [0.25, 0.3) is 0 Å². The van der Waals surface area contributed by atoms with Crippen LogP contribution < -0.4 is 5.73 Å². The zero-order valence-corrected chi connectivity index (χ0v) is 7.24. The molecule has 0 heterocycles. The molecule has 1 rings (SSSR count). The van der Waals surface area contributed by atoms with Crippen molar-refractivity contribution in [1.82, 2.24) is 0 Å². The summed E-state index contributed by atoms with van der Waals surface area (Å²) in [6, 6.07) is 3.15. The first kappa shape index (κ1) is 9.54. The summed E-state index contributed by atoms with van der Waals surface area (Å²) in [6.07, 6.45) is 0. The van der Waals surface area contributed by atoms with Crippen LogP contribution in [0, 0.1) is 6.92 Å². The van der Waals surface area contributed by atoms with Crippen molar-refractivity contribution in [2.45, 2.75) is 13.5 Å². The van der Waals surface area contributed by atoms with Crippen molar-refractivity contribution in [3.05, 3.63) is 28.8 Å². The Bertz CT molecular complexity index is 347. The van der Waals surface area contributed by atoms with Crippen LogP contribution in [-0.4, -0.2) is 16.2 Å². The number of nitrogens with two attached hydrogens (primary N) is 1. The molecule has 0 spiro atoms. The van der Waals surface area contributed by atoms with Gasteiger partial charge in [-0.25, -0.2) is 4.79 Å². The minimum Gasteiger partial charge on any atom is -0.478 e. The third-order valence-corrected chi connectivity index (χ3v) is 1.81. The summed E-state index contributed by atoms with van der Waals surface area (Å²) in [6.45, 7) is 1.51. The monoisotopic (exact) mass is 181 g/mol. The topological polar surface area (TPSA) is 83.5 Å². The summed E-state index contributed by atoms with van der Waals surface area (Å²) in [5.41, 5.74) is 6.94. The van der Waals surface area contributed by atoms with E-state index in [0.717, 1.165) is 5.56 Å². The van der Waals surface area contributed by atoms with Crippen LogP contribution in [-0.2, 0) is 6.61 Å². The van der Waals surface area contributed by atoms with E-state index in [-0.39, 0.29) is 17.9 Å². The number of hydrogen-bond donors (Lipinski definition) is 3. The fourth-order valence-corrected chi connectivity index (χ4v) is 1.18. The Morgan fingerprint density at radius 1 is 1.54 bits per heavy atom. The number of anilines is 1. The molecule has 4 N–H and O–H groups in total. The Labute approximate surface area is 75.6 Å². The lowest BCUT2D eigenvalue weighted by atomic mass is 10.0. The van der Waals surface area contributed by atoms with Crippen LogP contribution in [0.2, 0.25) is 0 Å². The maximum Gasteiger partial charge on any atom is 0.337 e. The minimum atomic E-state index is -1.07. The smallest absolute Gasteiger partial charge is 0.337 e. The number of nitrogen functional groups attached to an aromatic ring is 1. The van der Waals surface area contributed by atoms with Crippen LogP contribution in [0.3, 0.4) is 0 Å². The van der Waals surface area contributed by atoms with Crippen molar-refractivity contribution >= 4 is 11.7 Å². The molecule has 70 valence electrons. The van der Waals surface area contributed by atoms with Crippen molar-refractivity contribution in [3.63, 3.8) is 0 Å². The summed E-state index contributed by atoms with van der Waals surface area (Å²) >= 11 is 0. The van der Waals surface area contributed by atoms with E-state index in [4.69, 9.17) is 15.9 Å². The van der Waals surface area contributed by atoms with Crippen LogP contribution in [0.15, 0.2) is 12.1 Å². The van der Waals surface area contributed by atoms with E-state index in [2.05, 4.69) is 0 Å². The molecule has 0 aliphatic heterocycles. The molecule has 4 heteroatoms. The summed E-state index contributed by atoms with van der Waals surface area (Å²) in [4.78, 5) is 10.7. The van der Waals surface area contributed by atoms with Gasteiger partial charge in [0.15, 0.2) is 0 Å². The first-order valence-electron chi connectivity index (χ1n) is 3.79. The Morgan fingerprint density at radius 3 is 2.62 bits per heavy atom. The second kappa shape index (κ2) is 3.45. The zero-order valence-electron chi connectivity index (χ0n) is 7.24. The molecular weight excluding hydrogens is 170 g/mol. The highest BCUT2D eigenvalue weighted by molar-refractivity contribution is 5.94. The molecule has 0 atom stereocenters. The van der Waals surface area contributed by atoms with Gasteiger partial charge < -0.3 is 15.9 Å². The molecule has 0 saturated carbocycles. The van der Waals surface area contributed by atoms with E-state index < -0.39 is 5.97 Å². The van der Waals surface area contributed by atoms with E-state index in [1.165, 1.54) is 6.07 Å². The third kappa shape index (κ3) is 1.78. The van der Waals surface area contributed by atoms with E-state index in [1.54, 1.807) is 13.0 Å². The Balaban J connectivity index is 3.35. The van der Waals surface area contributed by atoms with Crippen LogP contribution in [0.5, 0.6) is 0 Å². The number of carboxylic acid groups (broad SMARTS) is 1. The quantitative estimate of drug-likeness (QED) is 0.588. The number of aliphatic hydroxyl groups excluding tert-OH is 1. The lowest BCUT2D eigenvalue weighted by molar-refractivity contribution is 0.0698. The van der Waals surface area contributed by atoms with Crippen molar-refractivity contribution in [2.24, 2.45) is 0 Å². The Hall–Kier alpha value is -1.55. The molecule has 0 bridgehead atoms. The highest BCUT2D eigenvalue weighted by atomic mass is 16.4. The van der Waals surface area contributed by atoms with Crippen molar-refractivity contribution in [3.8, 4) is 0 Å². The molecule has 0 amide bonds.